The molecule has 0 saturated carbocycles. The van der Waals surface area contributed by atoms with Crippen LogP contribution in [-0.4, -0.2) is 31.7 Å². The van der Waals surface area contributed by atoms with Crippen molar-refractivity contribution in [3.05, 3.63) is 54.0 Å². The monoisotopic (exact) mass is 289 g/mol. The van der Waals surface area contributed by atoms with Crippen molar-refractivity contribution in [3.8, 4) is 0 Å². The lowest BCUT2D eigenvalue weighted by Gasteiger charge is -2.15. The van der Waals surface area contributed by atoms with Gasteiger partial charge in [0.1, 0.15) is 5.76 Å². The maximum absolute atomic E-state index is 12.6. The van der Waals surface area contributed by atoms with Crippen LogP contribution in [0.4, 0.5) is 0 Å². The van der Waals surface area contributed by atoms with Crippen LogP contribution >= 0.6 is 0 Å². The molecule has 0 spiro atoms. The van der Waals surface area contributed by atoms with Gasteiger partial charge in [0.25, 0.3) is 0 Å². The van der Waals surface area contributed by atoms with E-state index in [0.717, 1.165) is 17.9 Å². The zero-order valence-electron chi connectivity index (χ0n) is 10.9. The Balaban J connectivity index is 1.66. The molecule has 0 aliphatic carbocycles. The lowest BCUT2D eigenvalue weighted by atomic mass is 9.99. The first-order valence-electron chi connectivity index (χ1n) is 6.74. The Labute approximate surface area is 117 Å². The molecular formula is C15H15NO3S. The number of furan rings is 1. The lowest BCUT2D eigenvalue weighted by molar-refractivity contribution is 0.293. The van der Waals surface area contributed by atoms with E-state index < -0.39 is 9.84 Å². The number of benzene rings is 1. The minimum Gasteiger partial charge on any atom is -0.468 e. The molecular weight excluding hydrogens is 274 g/mol. The highest BCUT2D eigenvalue weighted by atomic mass is 32.2. The zero-order valence-corrected chi connectivity index (χ0v) is 11.7. The third-order valence-corrected chi connectivity index (χ3v) is 6.58. The average Bonchev–Trinajstić information content (AvgIpc) is 3.12. The lowest BCUT2D eigenvalue weighted by Crippen LogP contribution is -2.25. The Morgan fingerprint density at radius 3 is 2.80 bits per heavy atom. The number of hydrogen-bond donors (Lipinski definition) is 0. The molecule has 0 amide bonds. The second-order valence-corrected chi connectivity index (χ2v) is 7.64. The van der Waals surface area contributed by atoms with E-state index in [0.29, 0.717) is 18.0 Å². The van der Waals surface area contributed by atoms with Gasteiger partial charge in [0.15, 0.2) is 9.84 Å². The normalized spacial score (nSPS) is 27.4. The van der Waals surface area contributed by atoms with Crippen LogP contribution in [0.1, 0.15) is 17.2 Å². The molecule has 20 heavy (non-hydrogen) atoms. The van der Waals surface area contributed by atoms with Crippen molar-refractivity contribution >= 4 is 9.84 Å². The molecule has 0 radical (unpaired) electrons. The second kappa shape index (κ2) is 4.20. The summed E-state index contributed by atoms with van der Waals surface area (Å²) in [6.45, 7) is 2.04. The highest BCUT2D eigenvalue weighted by Crippen LogP contribution is 2.44. The molecule has 1 aromatic carbocycles. The summed E-state index contributed by atoms with van der Waals surface area (Å²) in [4.78, 5) is 2.70. The molecule has 2 aromatic rings. The van der Waals surface area contributed by atoms with Crippen molar-refractivity contribution in [2.24, 2.45) is 0 Å². The van der Waals surface area contributed by atoms with Gasteiger partial charge in [0.2, 0.25) is 0 Å². The Kier molecular flexibility index (Phi) is 2.56. The standard InChI is InChI=1S/C15H15NO3S/c17-20(18)14-6-2-1-5-12(14)13-9-16(10-15(13)20)8-11-4-3-7-19-11/h1-7,13,15H,8-10H2/t13-,15-/m1/s1. The van der Waals surface area contributed by atoms with E-state index in [1.54, 1.807) is 18.4 Å². The first kappa shape index (κ1) is 12.2. The smallest absolute Gasteiger partial charge is 0.183 e. The maximum atomic E-state index is 12.6. The van der Waals surface area contributed by atoms with Gasteiger partial charge in [-0.05, 0) is 23.8 Å². The van der Waals surface area contributed by atoms with E-state index in [2.05, 4.69) is 4.90 Å². The first-order valence-corrected chi connectivity index (χ1v) is 8.28. The molecule has 4 rings (SSSR count). The van der Waals surface area contributed by atoms with Gasteiger partial charge in [0.05, 0.1) is 23.0 Å². The fourth-order valence-corrected chi connectivity index (χ4v) is 5.64. The molecule has 1 aromatic heterocycles. The van der Waals surface area contributed by atoms with Gasteiger partial charge in [-0.3, -0.25) is 4.90 Å². The zero-order chi connectivity index (χ0) is 13.7. The quantitative estimate of drug-likeness (QED) is 0.849. The summed E-state index contributed by atoms with van der Waals surface area (Å²) in [7, 11) is -3.17. The van der Waals surface area contributed by atoms with Crippen molar-refractivity contribution in [2.75, 3.05) is 13.1 Å². The Morgan fingerprint density at radius 1 is 1.15 bits per heavy atom. The summed E-state index contributed by atoms with van der Waals surface area (Å²) < 4.78 is 30.5. The molecule has 1 fully saturated rings. The number of nitrogens with zero attached hydrogens (tertiary/aromatic N) is 1. The Bertz CT molecular complexity index is 736. The molecule has 104 valence electrons. The predicted molar refractivity (Wildman–Crippen MR) is 74.1 cm³/mol. The average molecular weight is 289 g/mol. The summed E-state index contributed by atoms with van der Waals surface area (Å²) in [5.74, 6) is 0.988. The third kappa shape index (κ3) is 1.66. The molecule has 2 aliphatic rings. The molecule has 5 heteroatoms. The molecule has 1 saturated heterocycles. The van der Waals surface area contributed by atoms with Crippen molar-refractivity contribution in [3.63, 3.8) is 0 Å². The van der Waals surface area contributed by atoms with E-state index in [1.165, 1.54) is 0 Å². The van der Waals surface area contributed by atoms with E-state index >= 15 is 0 Å². The van der Waals surface area contributed by atoms with E-state index in [9.17, 15) is 8.42 Å². The van der Waals surface area contributed by atoms with Crippen molar-refractivity contribution in [2.45, 2.75) is 22.6 Å². The number of fused-ring (bicyclic) bond motifs is 3. The Hall–Kier alpha value is -1.59. The number of likely N-dealkylation sites (tertiary alicyclic amines) is 1. The first-order chi connectivity index (χ1) is 9.66. The van der Waals surface area contributed by atoms with Gasteiger partial charge < -0.3 is 4.42 Å². The van der Waals surface area contributed by atoms with E-state index in [1.807, 2.05) is 24.3 Å². The summed E-state index contributed by atoms with van der Waals surface area (Å²) >= 11 is 0. The van der Waals surface area contributed by atoms with Crippen LogP contribution in [0.5, 0.6) is 0 Å². The van der Waals surface area contributed by atoms with E-state index in [4.69, 9.17) is 4.42 Å². The summed E-state index contributed by atoms with van der Waals surface area (Å²) in [5, 5.41) is -0.296. The summed E-state index contributed by atoms with van der Waals surface area (Å²) in [5.41, 5.74) is 0.986. The van der Waals surface area contributed by atoms with Crippen molar-refractivity contribution in [1.82, 2.24) is 4.90 Å². The third-order valence-electron chi connectivity index (χ3n) is 4.32. The van der Waals surface area contributed by atoms with Crippen LogP contribution in [0.3, 0.4) is 0 Å². The molecule has 0 N–H and O–H groups in total. The topological polar surface area (TPSA) is 50.5 Å². The van der Waals surface area contributed by atoms with Crippen LogP contribution in [0.15, 0.2) is 52.0 Å². The molecule has 4 nitrogen and oxygen atoms in total. The van der Waals surface area contributed by atoms with Gasteiger partial charge in [-0.2, -0.15) is 0 Å². The molecule has 0 bridgehead atoms. The molecule has 2 atom stereocenters. The van der Waals surface area contributed by atoms with Crippen LogP contribution in [0.2, 0.25) is 0 Å². The number of rotatable bonds is 2. The SMILES string of the molecule is O=S1(=O)c2ccccc2[C@H]2CN(Cc3ccco3)C[C@H]21. The van der Waals surface area contributed by atoms with Gasteiger partial charge >= 0.3 is 0 Å². The second-order valence-electron chi connectivity index (χ2n) is 5.50. The predicted octanol–water partition coefficient (Wildman–Crippen LogP) is 2.03. The molecule has 3 heterocycles. The fourth-order valence-electron chi connectivity index (χ4n) is 3.43. The number of sulfone groups is 1. The number of hydrogen-bond acceptors (Lipinski definition) is 4. The van der Waals surface area contributed by atoms with Crippen molar-refractivity contribution < 1.29 is 12.8 Å². The highest BCUT2D eigenvalue weighted by molar-refractivity contribution is 7.92. The van der Waals surface area contributed by atoms with Crippen LogP contribution in [0.25, 0.3) is 0 Å². The van der Waals surface area contributed by atoms with Gasteiger partial charge in [0, 0.05) is 19.0 Å². The molecule has 2 aliphatic heterocycles. The Morgan fingerprint density at radius 2 is 2.00 bits per heavy atom. The minimum absolute atomic E-state index is 0.103. The fraction of sp³-hybridized carbons (Fsp3) is 0.333. The van der Waals surface area contributed by atoms with Crippen molar-refractivity contribution in [1.29, 1.82) is 0 Å². The summed E-state index contributed by atoms with van der Waals surface area (Å²) in [6.07, 6.45) is 1.65. The van der Waals surface area contributed by atoms with Gasteiger partial charge in [-0.1, -0.05) is 18.2 Å². The van der Waals surface area contributed by atoms with E-state index in [-0.39, 0.29) is 11.2 Å². The van der Waals surface area contributed by atoms with Crippen LogP contribution < -0.4 is 0 Å². The van der Waals surface area contributed by atoms with Gasteiger partial charge in [-0.25, -0.2) is 8.42 Å². The summed E-state index contributed by atoms with van der Waals surface area (Å²) in [6, 6.07) is 11.2. The largest absolute Gasteiger partial charge is 0.468 e. The van der Waals surface area contributed by atoms with Gasteiger partial charge in [-0.15, -0.1) is 0 Å². The van der Waals surface area contributed by atoms with Crippen LogP contribution in [0, 0.1) is 0 Å². The maximum Gasteiger partial charge on any atom is 0.183 e. The minimum atomic E-state index is -3.17. The van der Waals surface area contributed by atoms with Crippen LogP contribution in [-0.2, 0) is 16.4 Å². The molecule has 0 unspecified atom stereocenters. The highest BCUT2D eigenvalue weighted by Gasteiger charge is 2.49.